The average molecular weight is 383 g/mol. The molecule has 0 spiro atoms. The fourth-order valence-corrected chi connectivity index (χ4v) is 3.62. The normalized spacial score (nSPS) is 29.7. The lowest BCUT2D eigenvalue weighted by molar-refractivity contribution is -0.323. The minimum Gasteiger partial charge on any atom is -0.348 e. The van der Waals surface area contributed by atoms with Gasteiger partial charge >= 0.3 is 0 Å². The van der Waals surface area contributed by atoms with Crippen molar-refractivity contribution in [3.05, 3.63) is 71.8 Å². The third-order valence-corrected chi connectivity index (χ3v) is 4.97. The summed E-state index contributed by atoms with van der Waals surface area (Å²) in [6.45, 7) is 2.33. The van der Waals surface area contributed by atoms with Crippen molar-refractivity contribution >= 4 is 5.91 Å². The second kappa shape index (κ2) is 8.84. The molecule has 0 aliphatic carbocycles. The van der Waals surface area contributed by atoms with Crippen LogP contribution >= 0.6 is 0 Å². The van der Waals surface area contributed by atoms with Gasteiger partial charge in [0.15, 0.2) is 12.6 Å². The van der Waals surface area contributed by atoms with Crippen molar-refractivity contribution in [2.45, 2.75) is 50.8 Å². The Morgan fingerprint density at radius 1 is 1.04 bits per heavy atom. The van der Waals surface area contributed by atoms with Crippen LogP contribution in [0.1, 0.15) is 30.8 Å². The number of amides is 1. The molecule has 2 aliphatic heterocycles. The summed E-state index contributed by atoms with van der Waals surface area (Å²) in [5.41, 5.74) is 2.02. The molecular weight excluding hydrogens is 358 g/mol. The van der Waals surface area contributed by atoms with E-state index in [0.717, 1.165) is 11.1 Å². The molecule has 6 heteroatoms. The lowest BCUT2D eigenvalue weighted by atomic mass is 9.99. The number of carbonyl (C=O) groups is 1. The molecule has 148 valence electrons. The molecule has 0 bridgehead atoms. The van der Waals surface area contributed by atoms with Crippen LogP contribution in [0.3, 0.4) is 0 Å². The maximum atomic E-state index is 11.7. The highest BCUT2D eigenvalue weighted by molar-refractivity contribution is 5.73. The lowest BCUT2D eigenvalue weighted by Crippen LogP contribution is -2.58. The van der Waals surface area contributed by atoms with Crippen molar-refractivity contribution in [3.63, 3.8) is 0 Å². The van der Waals surface area contributed by atoms with Crippen LogP contribution in [0.25, 0.3) is 0 Å². The molecule has 1 N–H and O–H groups in total. The topological polar surface area (TPSA) is 66.0 Å². The van der Waals surface area contributed by atoms with E-state index < -0.39 is 12.6 Å². The van der Waals surface area contributed by atoms with Gasteiger partial charge in [0.1, 0.15) is 6.10 Å². The highest BCUT2D eigenvalue weighted by Crippen LogP contribution is 2.34. The van der Waals surface area contributed by atoms with E-state index in [4.69, 9.17) is 18.9 Å². The predicted octanol–water partition coefficient (Wildman–Crippen LogP) is 2.94. The van der Waals surface area contributed by atoms with Crippen molar-refractivity contribution < 1.29 is 23.7 Å². The summed E-state index contributed by atoms with van der Waals surface area (Å²) in [6.07, 6.45) is -0.772. The molecule has 2 aliphatic rings. The molecule has 6 nitrogen and oxygen atoms in total. The Bertz CT molecular complexity index is 769. The maximum Gasteiger partial charge on any atom is 0.217 e. The van der Waals surface area contributed by atoms with Gasteiger partial charge in [-0.2, -0.15) is 0 Å². The van der Waals surface area contributed by atoms with Gasteiger partial charge in [-0.3, -0.25) is 4.79 Å². The number of fused-ring (bicyclic) bond motifs is 1. The number of hydrogen-bond donors (Lipinski definition) is 1. The summed E-state index contributed by atoms with van der Waals surface area (Å²) >= 11 is 0. The number of nitrogens with one attached hydrogen (secondary N) is 1. The Balaban J connectivity index is 1.42. The van der Waals surface area contributed by atoms with Crippen molar-refractivity contribution in [2.24, 2.45) is 0 Å². The van der Waals surface area contributed by atoms with Gasteiger partial charge in [-0.15, -0.1) is 0 Å². The van der Waals surface area contributed by atoms with Crippen LogP contribution < -0.4 is 5.32 Å². The third kappa shape index (κ3) is 4.59. The fraction of sp³-hybridized carbons (Fsp3) is 0.409. The Kier molecular flexibility index (Phi) is 6.02. The molecule has 1 amide bonds. The molecule has 2 aromatic rings. The van der Waals surface area contributed by atoms with Gasteiger partial charge in [-0.1, -0.05) is 60.7 Å². The molecule has 0 saturated carbocycles. The monoisotopic (exact) mass is 383 g/mol. The van der Waals surface area contributed by atoms with Crippen LogP contribution in [0.4, 0.5) is 0 Å². The minimum atomic E-state index is -0.550. The molecular formula is C22H25NO5. The SMILES string of the molecule is CC(=O)N[C@@H]1C[C@@H]2OC(c3ccccc3)OC[C@H]2O[C@@H]1OCc1ccccc1. The van der Waals surface area contributed by atoms with Crippen LogP contribution in [0.2, 0.25) is 0 Å². The molecule has 5 atom stereocenters. The van der Waals surface area contributed by atoms with E-state index in [0.29, 0.717) is 19.6 Å². The van der Waals surface area contributed by atoms with Gasteiger partial charge < -0.3 is 24.3 Å². The standard InChI is InChI=1S/C22H25NO5/c1-15(24)23-18-12-19-20(14-26-21(27-19)17-10-6-3-7-11-17)28-22(18)25-13-16-8-4-2-5-9-16/h2-11,18-22H,12-14H2,1H3,(H,23,24)/t18-,19+,20-,21?,22+/m1/s1. The summed E-state index contributed by atoms with van der Waals surface area (Å²) in [4.78, 5) is 11.7. The van der Waals surface area contributed by atoms with Crippen molar-refractivity contribution in [1.29, 1.82) is 0 Å². The van der Waals surface area contributed by atoms with Gasteiger partial charge in [-0.05, 0) is 5.56 Å². The number of rotatable bonds is 5. The lowest BCUT2D eigenvalue weighted by Gasteiger charge is -2.45. The molecule has 4 rings (SSSR count). The van der Waals surface area contributed by atoms with E-state index in [2.05, 4.69) is 5.32 Å². The minimum absolute atomic E-state index is 0.118. The molecule has 2 fully saturated rings. The van der Waals surface area contributed by atoms with Crippen LogP contribution in [-0.4, -0.2) is 37.1 Å². The first-order valence-corrected chi connectivity index (χ1v) is 9.59. The zero-order valence-corrected chi connectivity index (χ0v) is 15.8. The van der Waals surface area contributed by atoms with Crippen LogP contribution in [0, 0.1) is 0 Å². The van der Waals surface area contributed by atoms with E-state index in [9.17, 15) is 4.79 Å². The second-order valence-corrected chi connectivity index (χ2v) is 7.13. The predicted molar refractivity (Wildman–Crippen MR) is 102 cm³/mol. The quantitative estimate of drug-likeness (QED) is 0.860. The largest absolute Gasteiger partial charge is 0.348 e. The van der Waals surface area contributed by atoms with Crippen LogP contribution in [0.5, 0.6) is 0 Å². The molecule has 1 unspecified atom stereocenters. The summed E-state index contributed by atoms with van der Waals surface area (Å²) in [5, 5.41) is 2.95. The fourth-order valence-electron chi connectivity index (χ4n) is 3.62. The molecule has 2 aromatic carbocycles. The third-order valence-electron chi connectivity index (χ3n) is 4.97. The summed E-state index contributed by atoms with van der Waals surface area (Å²) in [7, 11) is 0. The Morgan fingerprint density at radius 3 is 2.46 bits per heavy atom. The van der Waals surface area contributed by atoms with E-state index in [-0.39, 0.29) is 24.2 Å². The molecule has 2 heterocycles. The number of carbonyl (C=O) groups excluding carboxylic acids is 1. The first kappa shape index (κ1) is 19.1. The van der Waals surface area contributed by atoms with Crippen LogP contribution in [0.15, 0.2) is 60.7 Å². The number of benzene rings is 2. The summed E-state index contributed by atoms with van der Waals surface area (Å²) in [6, 6.07) is 19.4. The average Bonchev–Trinajstić information content (AvgIpc) is 2.73. The summed E-state index contributed by atoms with van der Waals surface area (Å²) < 4.78 is 24.1. The molecule has 0 radical (unpaired) electrons. The van der Waals surface area contributed by atoms with Gasteiger partial charge in [0.25, 0.3) is 0 Å². The van der Waals surface area contributed by atoms with E-state index >= 15 is 0 Å². The smallest absolute Gasteiger partial charge is 0.217 e. The van der Waals surface area contributed by atoms with Gasteiger partial charge in [0.05, 0.1) is 25.4 Å². The summed E-state index contributed by atoms with van der Waals surface area (Å²) in [5.74, 6) is -0.118. The highest BCUT2D eigenvalue weighted by Gasteiger charge is 2.43. The Hall–Kier alpha value is -2.25. The van der Waals surface area contributed by atoms with Gasteiger partial charge in [0.2, 0.25) is 5.91 Å². The molecule has 0 aromatic heterocycles. The zero-order chi connectivity index (χ0) is 19.3. The highest BCUT2D eigenvalue weighted by atomic mass is 16.7. The van der Waals surface area contributed by atoms with Crippen molar-refractivity contribution in [3.8, 4) is 0 Å². The molecule has 2 saturated heterocycles. The van der Waals surface area contributed by atoms with E-state index in [1.54, 1.807) is 0 Å². The van der Waals surface area contributed by atoms with Crippen molar-refractivity contribution in [2.75, 3.05) is 6.61 Å². The second-order valence-electron chi connectivity index (χ2n) is 7.13. The number of ether oxygens (including phenoxy) is 4. The first-order chi connectivity index (χ1) is 13.7. The number of hydrogen-bond acceptors (Lipinski definition) is 5. The zero-order valence-electron chi connectivity index (χ0n) is 15.8. The Labute approximate surface area is 164 Å². The Morgan fingerprint density at radius 2 is 1.75 bits per heavy atom. The maximum absolute atomic E-state index is 11.7. The van der Waals surface area contributed by atoms with E-state index in [1.807, 2.05) is 60.7 Å². The van der Waals surface area contributed by atoms with Crippen LogP contribution in [-0.2, 0) is 30.3 Å². The van der Waals surface area contributed by atoms with Crippen molar-refractivity contribution in [1.82, 2.24) is 5.32 Å². The van der Waals surface area contributed by atoms with Gasteiger partial charge in [-0.25, -0.2) is 0 Å². The first-order valence-electron chi connectivity index (χ1n) is 9.59. The van der Waals surface area contributed by atoms with Gasteiger partial charge in [0, 0.05) is 18.9 Å². The molecule has 28 heavy (non-hydrogen) atoms. The van der Waals surface area contributed by atoms with E-state index in [1.165, 1.54) is 6.92 Å².